The van der Waals surface area contributed by atoms with Crippen LogP contribution in [0, 0.1) is 6.92 Å². The van der Waals surface area contributed by atoms with Crippen LogP contribution in [0.2, 0.25) is 0 Å². The largest absolute Gasteiger partial charge is 0.312 e. The predicted molar refractivity (Wildman–Crippen MR) is 79.3 cm³/mol. The first-order chi connectivity index (χ1) is 9.11. The van der Waals surface area contributed by atoms with E-state index in [9.17, 15) is 0 Å². The summed E-state index contributed by atoms with van der Waals surface area (Å²) in [5.41, 5.74) is 2.22. The Bertz CT molecular complexity index is 531. The Kier molecular flexibility index (Phi) is 4.61. The van der Waals surface area contributed by atoms with Crippen molar-refractivity contribution in [2.24, 2.45) is 0 Å². The van der Waals surface area contributed by atoms with Gasteiger partial charge in [0.15, 0.2) is 10.8 Å². The number of aromatic nitrogens is 3. The minimum absolute atomic E-state index is 0.420. The zero-order valence-corrected chi connectivity index (χ0v) is 12.7. The second kappa shape index (κ2) is 6.21. The molecule has 0 amide bonds. The fourth-order valence-electron chi connectivity index (χ4n) is 1.78. The number of thiazole rings is 1. The Balaban J connectivity index is 2.33. The molecule has 0 aliphatic rings. The molecule has 2 aromatic rings. The van der Waals surface area contributed by atoms with Crippen LogP contribution in [0.1, 0.15) is 42.8 Å². The summed E-state index contributed by atoms with van der Waals surface area (Å²) in [6.45, 7) is 10.3. The van der Waals surface area contributed by atoms with Gasteiger partial charge in [0, 0.05) is 23.8 Å². The number of aryl methyl sites for hydroxylation is 1. The quantitative estimate of drug-likeness (QED) is 0.911. The summed E-state index contributed by atoms with van der Waals surface area (Å²) < 4.78 is 0. The van der Waals surface area contributed by atoms with Gasteiger partial charge < -0.3 is 5.32 Å². The Morgan fingerprint density at radius 2 is 1.95 bits per heavy atom. The van der Waals surface area contributed by atoms with Gasteiger partial charge in [0.05, 0.1) is 5.69 Å². The summed E-state index contributed by atoms with van der Waals surface area (Å²) in [5, 5.41) is 4.28. The van der Waals surface area contributed by atoms with Gasteiger partial charge in [-0.3, -0.25) is 0 Å². The number of nitrogens with zero attached hydrogens (tertiary/aromatic N) is 3. The molecule has 0 fully saturated rings. The third-order valence-electron chi connectivity index (χ3n) is 2.78. The van der Waals surface area contributed by atoms with Crippen LogP contribution in [-0.4, -0.2) is 21.5 Å². The van der Waals surface area contributed by atoms with Gasteiger partial charge in [-0.2, -0.15) is 0 Å². The highest BCUT2D eigenvalue weighted by atomic mass is 32.1. The van der Waals surface area contributed by atoms with Crippen molar-refractivity contribution in [3.63, 3.8) is 0 Å². The summed E-state index contributed by atoms with van der Waals surface area (Å²) in [7, 11) is 0. The van der Waals surface area contributed by atoms with E-state index in [0.29, 0.717) is 5.92 Å². The highest BCUT2D eigenvalue weighted by molar-refractivity contribution is 7.15. The zero-order valence-electron chi connectivity index (χ0n) is 11.9. The highest BCUT2D eigenvalue weighted by Gasteiger charge is 2.16. The fourth-order valence-corrected chi connectivity index (χ4v) is 2.91. The number of hydrogen-bond acceptors (Lipinski definition) is 5. The molecule has 0 spiro atoms. The standard InChI is InChI=1S/C14H20N4S/c1-5-15-8-11-12(9(2)3)18-14(19-11)13-16-6-10(4)7-17-13/h6-7,9,15H,5,8H2,1-4H3. The van der Waals surface area contributed by atoms with Crippen LogP contribution in [0.25, 0.3) is 10.8 Å². The van der Waals surface area contributed by atoms with Crippen molar-refractivity contribution in [3.05, 3.63) is 28.5 Å². The monoisotopic (exact) mass is 276 g/mol. The molecule has 2 heterocycles. The minimum Gasteiger partial charge on any atom is -0.312 e. The SMILES string of the molecule is CCNCc1sc(-c2ncc(C)cn2)nc1C(C)C. The maximum atomic E-state index is 4.72. The third kappa shape index (κ3) is 3.36. The molecule has 0 saturated carbocycles. The van der Waals surface area contributed by atoms with Gasteiger partial charge in [-0.25, -0.2) is 15.0 Å². The smallest absolute Gasteiger partial charge is 0.188 e. The molecule has 1 N–H and O–H groups in total. The molecular formula is C14H20N4S. The topological polar surface area (TPSA) is 50.7 Å². The van der Waals surface area contributed by atoms with Gasteiger partial charge in [0.2, 0.25) is 0 Å². The molecule has 2 rings (SSSR count). The predicted octanol–water partition coefficient (Wildman–Crippen LogP) is 3.14. The first-order valence-corrected chi connectivity index (χ1v) is 7.42. The molecule has 0 aliphatic heterocycles. The summed E-state index contributed by atoms with van der Waals surface area (Å²) in [4.78, 5) is 14.7. The molecule has 19 heavy (non-hydrogen) atoms. The average molecular weight is 276 g/mol. The molecule has 2 aromatic heterocycles. The van der Waals surface area contributed by atoms with Crippen molar-refractivity contribution in [3.8, 4) is 10.8 Å². The molecule has 0 unspecified atom stereocenters. The van der Waals surface area contributed by atoms with Gasteiger partial charge in [0.1, 0.15) is 0 Å². The molecule has 5 heteroatoms. The normalized spacial score (nSPS) is 11.2. The summed E-state index contributed by atoms with van der Waals surface area (Å²) >= 11 is 1.69. The Morgan fingerprint density at radius 3 is 2.53 bits per heavy atom. The van der Waals surface area contributed by atoms with Gasteiger partial charge in [-0.05, 0) is 24.9 Å². The lowest BCUT2D eigenvalue weighted by molar-refractivity contribution is 0.714. The van der Waals surface area contributed by atoms with Crippen molar-refractivity contribution >= 4 is 11.3 Å². The van der Waals surface area contributed by atoms with Crippen molar-refractivity contribution in [1.82, 2.24) is 20.3 Å². The van der Waals surface area contributed by atoms with Crippen molar-refractivity contribution in [2.75, 3.05) is 6.54 Å². The van der Waals surface area contributed by atoms with Crippen LogP contribution in [0.3, 0.4) is 0 Å². The van der Waals surface area contributed by atoms with Gasteiger partial charge in [0.25, 0.3) is 0 Å². The van der Waals surface area contributed by atoms with E-state index in [1.165, 1.54) is 4.88 Å². The lowest BCUT2D eigenvalue weighted by Crippen LogP contribution is -2.12. The minimum atomic E-state index is 0.420. The zero-order chi connectivity index (χ0) is 13.8. The van der Waals surface area contributed by atoms with Crippen molar-refractivity contribution in [2.45, 2.75) is 40.2 Å². The molecular weight excluding hydrogens is 256 g/mol. The van der Waals surface area contributed by atoms with Crippen molar-refractivity contribution in [1.29, 1.82) is 0 Å². The van der Waals surface area contributed by atoms with E-state index in [1.807, 2.05) is 19.3 Å². The van der Waals surface area contributed by atoms with Gasteiger partial charge in [-0.1, -0.05) is 20.8 Å². The average Bonchev–Trinajstić information content (AvgIpc) is 2.81. The van der Waals surface area contributed by atoms with Crippen molar-refractivity contribution < 1.29 is 0 Å². The first-order valence-electron chi connectivity index (χ1n) is 6.61. The van der Waals surface area contributed by atoms with Gasteiger partial charge in [-0.15, -0.1) is 11.3 Å². The van der Waals surface area contributed by atoms with E-state index < -0.39 is 0 Å². The maximum Gasteiger partial charge on any atom is 0.188 e. The van der Waals surface area contributed by atoms with Crippen LogP contribution in [0.5, 0.6) is 0 Å². The number of hydrogen-bond donors (Lipinski definition) is 1. The number of nitrogens with one attached hydrogen (secondary N) is 1. The molecule has 0 aromatic carbocycles. The third-order valence-corrected chi connectivity index (χ3v) is 3.85. The number of rotatable bonds is 5. The van der Waals surface area contributed by atoms with E-state index >= 15 is 0 Å². The molecule has 4 nitrogen and oxygen atoms in total. The van der Waals surface area contributed by atoms with E-state index in [0.717, 1.165) is 35.2 Å². The van der Waals surface area contributed by atoms with Crippen LogP contribution < -0.4 is 5.32 Å². The van der Waals surface area contributed by atoms with Crippen LogP contribution in [0.4, 0.5) is 0 Å². The van der Waals surface area contributed by atoms with E-state index in [1.54, 1.807) is 11.3 Å². The molecule has 0 saturated heterocycles. The lowest BCUT2D eigenvalue weighted by Gasteiger charge is -2.04. The molecule has 0 aliphatic carbocycles. The van der Waals surface area contributed by atoms with Crippen LogP contribution >= 0.6 is 11.3 Å². The van der Waals surface area contributed by atoms with E-state index in [2.05, 4.69) is 36.1 Å². The first kappa shape index (κ1) is 14.1. The fraction of sp³-hybridized carbons (Fsp3) is 0.500. The van der Waals surface area contributed by atoms with Crippen LogP contribution in [0.15, 0.2) is 12.4 Å². The molecule has 0 atom stereocenters. The summed E-state index contributed by atoms with van der Waals surface area (Å²) in [6.07, 6.45) is 3.67. The summed E-state index contributed by atoms with van der Waals surface area (Å²) in [6, 6.07) is 0. The van der Waals surface area contributed by atoms with E-state index in [4.69, 9.17) is 4.98 Å². The molecule has 102 valence electrons. The van der Waals surface area contributed by atoms with Crippen LogP contribution in [-0.2, 0) is 6.54 Å². The molecule has 0 bridgehead atoms. The highest BCUT2D eigenvalue weighted by Crippen LogP contribution is 2.29. The second-order valence-corrected chi connectivity index (χ2v) is 5.93. The molecule has 0 radical (unpaired) electrons. The Morgan fingerprint density at radius 1 is 1.26 bits per heavy atom. The summed E-state index contributed by atoms with van der Waals surface area (Å²) in [5.74, 6) is 1.14. The van der Waals surface area contributed by atoms with Gasteiger partial charge >= 0.3 is 0 Å². The maximum absolute atomic E-state index is 4.72. The Hall–Kier alpha value is -1.33. The second-order valence-electron chi connectivity index (χ2n) is 4.85. The lowest BCUT2D eigenvalue weighted by atomic mass is 10.1. The Labute approximate surface area is 118 Å². The van der Waals surface area contributed by atoms with E-state index in [-0.39, 0.29) is 0 Å².